The molecule has 3 rings (SSSR count). The summed E-state index contributed by atoms with van der Waals surface area (Å²) in [5.41, 5.74) is 4.02. The van der Waals surface area contributed by atoms with E-state index in [9.17, 15) is 19.8 Å². The Hall–Kier alpha value is -1.02. The number of aliphatic hydroxyl groups is 1. The van der Waals surface area contributed by atoms with Crippen molar-refractivity contribution in [1.29, 1.82) is 0 Å². The minimum absolute atomic E-state index is 0. The maximum atomic E-state index is 12.6. The molecule has 0 fully saturated rings. The fraction of sp³-hybridized carbons (Fsp3) is 0.263. The fourth-order valence-electron chi connectivity index (χ4n) is 3.20. The quantitative estimate of drug-likeness (QED) is 0.623. The van der Waals surface area contributed by atoms with Gasteiger partial charge < -0.3 is 19.9 Å². The van der Waals surface area contributed by atoms with Gasteiger partial charge >= 0.3 is 51.4 Å². The summed E-state index contributed by atoms with van der Waals surface area (Å²) in [6.07, 6.45) is 0.231. The van der Waals surface area contributed by atoms with Gasteiger partial charge in [-0.05, 0) is 29.2 Å². The van der Waals surface area contributed by atoms with Crippen LogP contribution in [0.3, 0.4) is 0 Å². The first-order chi connectivity index (χ1) is 11.6. The minimum Gasteiger partial charge on any atom is -0.550 e. The number of fused-ring (bicyclic) bond motifs is 1. The molecule has 1 unspecified atom stereocenters. The third-order valence-electron chi connectivity index (χ3n) is 4.36. The number of carbonyl (C=O) groups is 2. The number of nitrogens with zero attached hydrogens (tertiary/aromatic N) is 1. The molecule has 124 valence electrons. The summed E-state index contributed by atoms with van der Waals surface area (Å²) in [6.45, 7) is -0.0153. The van der Waals surface area contributed by atoms with E-state index in [4.69, 9.17) is 0 Å². The molecule has 0 bridgehead atoms. The van der Waals surface area contributed by atoms with E-state index in [0.717, 1.165) is 22.4 Å². The molecular formula is C19H18KNO4. The maximum absolute atomic E-state index is 12.6. The standard InChI is InChI=1S/C19H19NO4.K/c21-12-14(11-18(22)23)19(24)20-10-9-16-15(7-4-8-17(16)20)13-5-2-1-3-6-13;/h1-8,14,21H,9-12H2,(H,22,23);/q;+1/p-1. The zero-order valence-corrected chi connectivity index (χ0v) is 17.3. The molecule has 25 heavy (non-hydrogen) atoms. The summed E-state index contributed by atoms with van der Waals surface area (Å²) in [6, 6.07) is 15.7. The summed E-state index contributed by atoms with van der Waals surface area (Å²) in [5.74, 6) is -2.67. The molecule has 6 heteroatoms. The molecule has 0 radical (unpaired) electrons. The molecule has 0 aliphatic carbocycles. The van der Waals surface area contributed by atoms with Crippen molar-refractivity contribution in [2.75, 3.05) is 18.1 Å². The van der Waals surface area contributed by atoms with Gasteiger partial charge in [-0.25, -0.2) is 0 Å². The smallest absolute Gasteiger partial charge is 0.550 e. The minimum atomic E-state index is -1.33. The van der Waals surface area contributed by atoms with Crippen LogP contribution < -0.4 is 61.4 Å². The molecule has 1 aliphatic rings. The third kappa shape index (κ3) is 4.39. The fourth-order valence-corrected chi connectivity index (χ4v) is 3.20. The van der Waals surface area contributed by atoms with Gasteiger partial charge in [-0.15, -0.1) is 0 Å². The van der Waals surface area contributed by atoms with Crippen LogP contribution in [0, 0.1) is 5.92 Å². The SMILES string of the molecule is O=C([O-])CC(CO)C(=O)N1CCc2c(-c3ccccc3)cccc21.[K+]. The third-order valence-corrected chi connectivity index (χ3v) is 4.36. The van der Waals surface area contributed by atoms with E-state index in [0.29, 0.717) is 13.0 Å². The predicted molar refractivity (Wildman–Crippen MR) is 88.1 cm³/mol. The molecule has 1 atom stereocenters. The van der Waals surface area contributed by atoms with Crippen molar-refractivity contribution in [3.05, 3.63) is 54.1 Å². The van der Waals surface area contributed by atoms with Crippen molar-refractivity contribution in [2.24, 2.45) is 5.92 Å². The van der Waals surface area contributed by atoms with Gasteiger partial charge in [-0.1, -0.05) is 42.5 Å². The first-order valence-corrected chi connectivity index (χ1v) is 7.91. The summed E-state index contributed by atoms with van der Waals surface area (Å²) < 4.78 is 0. The Bertz CT molecular complexity index is 763. The van der Waals surface area contributed by atoms with Crippen LogP contribution in [0.25, 0.3) is 11.1 Å². The second-order valence-electron chi connectivity index (χ2n) is 5.86. The number of hydrogen-bond acceptors (Lipinski definition) is 4. The number of carbonyl (C=O) groups excluding carboxylic acids is 2. The number of carboxylic acid groups (broad SMARTS) is 1. The van der Waals surface area contributed by atoms with Gasteiger partial charge in [0.1, 0.15) is 0 Å². The van der Waals surface area contributed by atoms with Crippen LogP contribution >= 0.6 is 0 Å². The Morgan fingerprint density at radius 3 is 2.48 bits per heavy atom. The second-order valence-corrected chi connectivity index (χ2v) is 5.86. The van der Waals surface area contributed by atoms with Gasteiger partial charge in [-0.3, -0.25) is 4.79 Å². The topological polar surface area (TPSA) is 80.7 Å². The Morgan fingerprint density at radius 2 is 1.84 bits per heavy atom. The zero-order valence-electron chi connectivity index (χ0n) is 14.1. The van der Waals surface area contributed by atoms with Crippen LogP contribution in [-0.4, -0.2) is 30.1 Å². The molecule has 1 N–H and O–H groups in total. The number of carboxylic acids is 1. The molecule has 0 aromatic heterocycles. The van der Waals surface area contributed by atoms with E-state index in [1.807, 2.05) is 48.5 Å². The molecule has 1 aliphatic heterocycles. The molecule has 1 heterocycles. The zero-order chi connectivity index (χ0) is 17.1. The average Bonchev–Trinajstić information content (AvgIpc) is 3.03. The summed E-state index contributed by atoms with van der Waals surface area (Å²) in [7, 11) is 0. The Balaban J connectivity index is 0.00000225. The van der Waals surface area contributed by atoms with E-state index in [2.05, 4.69) is 0 Å². The van der Waals surface area contributed by atoms with Crippen molar-refractivity contribution >= 4 is 17.6 Å². The van der Waals surface area contributed by atoms with Crippen molar-refractivity contribution in [3.8, 4) is 11.1 Å². The number of amides is 1. The first-order valence-electron chi connectivity index (χ1n) is 7.91. The molecule has 0 spiro atoms. The van der Waals surface area contributed by atoms with Crippen molar-refractivity contribution in [3.63, 3.8) is 0 Å². The number of aliphatic hydroxyl groups excluding tert-OH is 1. The van der Waals surface area contributed by atoms with E-state index >= 15 is 0 Å². The number of benzene rings is 2. The monoisotopic (exact) mass is 363 g/mol. The largest absolute Gasteiger partial charge is 1.00 e. The molecule has 2 aromatic carbocycles. The van der Waals surface area contributed by atoms with Crippen LogP contribution in [0.15, 0.2) is 48.5 Å². The van der Waals surface area contributed by atoms with Crippen LogP contribution in [0.2, 0.25) is 0 Å². The summed E-state index contributed by atoms with van der Waals surface area (Å²) in [5, 5.41) is 20.1. The van der Waals surface area contributed by atoms with Gasteiger partial charge in [-0.2, -0.15) is 0 Å². The normalized spacial score (nSPS) is 13.7. The molecular weight excluding hydrogens is 345 g/mol. The molecule has 5 nitrogen and oxygen atoms in total. The van der Waals surface area contributed by atoms with Crippen molar-refractivity contribution in [1.82, 2.24) is 0 Å². The summed E-state index contributed by atoms with van der Waals surface area (Å²) in [4.78, 5) is 25.0. The Kier molecular flexibility index (Phi) is 7.36. The van der Waals surface area contributed by atoms with Crippen LogP contribution in [0.1, 0.15) is 12.0 Å². The van der Waals surface area contributed by atoms with Gasteiger partial charge in [0.05, 0.1) is 12.5 Å². The Morgan fingerprint density at radius 1 is 1.12 bits per heavy atom. The second kappa shape index (κ2) is 9.07. The maximum Gasteiger partial charge on any atom is 1.00 e. The van der Waals surface area contributed by atoms with E-state index in [-0.39, 0.29) is 57.3 Å². The number of hydrogen-bond donors (Lipinski definition) is 1. The van der Waals surface area contributed by atoms with Crippen LogP contribution in [0.4, 0.5) is 5.69 Å². The van der Waals surface area contributed by atoms with Gasteiger partial charge in [0.2, 0.25) is 5.91 Å². The first kappa shape index (κ1) is 20.3. The van der Waals surface area contributed by atoms with Gasteiger partial charge in [0.25, 0.3) is 0 Å². The summed E-state index contributed by atoms with van der Waals surface area (Å²) >= 11 is 0. The van der Waals surface area contributed by atoms with E-state index < -0.39 is 24.9 Å². The van der Waals surface area contributed by atoms with E-state index in [1.54, 1.807) is 4.90 Å². The number of aliphatic carboxylic acids is 1. The Labute approximate surface area is 189 Å². The molecule has 1 amide bonds. The van der Waals surface area contributed by atoms with Crippen molar-refractivity contribution < 1.29 is 71.2 Å². The number of rotatable bonds is 5. The molecule has 0 saturated carbocycles. The van der Waals surface area contributed by atoms with E-state index in [1.165, 1.54) is 0 Å². The van der Waals surface area contributed by atoms with Gasteiger partial charge in [0.15, 0.2) is 0 Å². The number of anilines is 1. The van der Waals surface area contributed by atoms with Crippen LogP contribution in [0.5, 0.6) is 0 Å². The predicted octanol–water partition coefficient (Wildman–Crippen LogP) is -2.00. The average molecular weight is 363 g/mol. The van der Waals surface area contributed by atoms with Crippen molar-refractivity contribution in [2.45, 2.75) is 12.8 Å². The molecule has 2 aromatic rings. The van der Waals surface area contributed by atoms with Gasteiger partial charge in [0, 0.05) is 24.6 Å². The van der Waals surface area contributed by atoms with Crippen LogP contribution in [-0.2, 0) is 16.0 Å². The molecule has 0 saturated heterocycles.